The van der Waals surface area contributed by atoms with Gasteiger partial charge in [-0.25, -0.2) is 8.42 Å². The minimum Gasteiger partial charge on any atom is -0.224 e. The van der Waals surface area contributed by atoms with E-state index in [1.54, 1.807) is 0 Å². The van der Waals surface area contributed by atoms with Crippen molar-refractivity contribution in [3.05, 3.63) is 36.2 Å². The number of rotatable bonds is 1. The molecule has 0 bridgehead atoms. The molecule has 6 heteroatoms. The SMILES string of the molecule is [CH2]c1cc(C(F)(F)F)cc(S(C)(=O)=O)c1. The van der Waals surface area contributed by atoms with Crippen LogP contribution in [0.1, 0.15) is 11.1 Å². The molecule has 1 radical (unpaired) electrons. The van der Waals surface area contributed by atoms with E-state index in [1.165, 1.54) is 0 Å². The molecule has 15 heavy (non-hydrogen) atoms. The average molecular weight is 237 g/mol. The first-order valence-electron chi connectivity index (χ1n) is 3.85. The first kappa shape index (κ1) is 12.0. The quantitative estimate of drug-likeness (QED) is 0.751. The van der Waals surface area contributed by atoms with Crippen LogP contribution in [0.25, 0.3) is 0 Å². The van der Waals surface area contributed by atoms with Gasteiger partial charge in [0.15, 0.2) is 9.84 Å². The van der Waals surface area contributed by atoms with E-state index < -0.39 is 21.6 Å². The Kier molecular flexibility index (Phi) is 2.82. The summed E-state index contributed by atoms with van der Waals surface area (Å²) < 4.78 is 59.1. The number of sulfone groups is 1. The Balaban J connectivity index is 3.43. The third-order valence-corrected chi connectivity index (χ3v) is 2.81. The molecule has 0 saturated heterocycles. The molecular weight excluding hydrogens is 229 g/mol. The smallest absolute Gasteiger partial charge is 0.224 e. The molecule has 0 N–H and O–H groups in total. The summed E-state index contributed by atoms with van der Waals surface area (Å²) in [5.74, 6) is 0. The molecule has 0 aromatic heterocycles. The van der Waals surface area contributed by atoms with Crippen LogP contribution in [0.3, 0.4) is 0 Å². The molecule has 0 aliphatic heterocycles. The second-order valence-electron chi connectivity index (χ2n) is 3.14. The Bertz CT molecular complexity index is 475. The molecule has 0 heterocycles. The molecule has 0 spiro atoms. The van der Waals surface area contributed by atoms with Gasteiger partial charge < -0.3 is 0 Å². The van der Waals surface area contributed by atoms with Gasteiger partial charge in [-0.1, -0.05) is 0 Å². The van der Waals surface area contributed by atoms with Crippen molar-refractivity contribution < 1.29 is 21.6 Å². The molecule has 0 amide bonds. The van der Waals surface area contributed by atoms with Crippen LogP contribution in [-0.4, -0.2) is 14.7 Å². The van der Waals surface area contributed by atoms with Gasteiger partial charge in [0, 0.05) is 6.26 Å². The fourth-order valence-electron chi connectivity index (χ4n) is 1.04. The minimum atomic E-state index is -4.56. The van der Waals surface area contributed by atoms with Crippen molar-refractivity contribution in [2.75, 3.05) is 6.26 Å². The van der Waals surface area contributed by atoms with Crippen LogP contribution in [0.4, 0.5) is 13.2 Å². The van der Waals surface area contributed by atoms with Gasteiger partial charge in [-0.15, -0.1) is 0 Å². The summed E-state index contributed by atoms with van der Waals surface area (Å²) >= 11 is 0. The molecule has 1 aromatic carbocycles. The van der Waals surface area contributed by atoms with E-state index in [0.717, 1.165) is 18.4 Å². The van der Waals surface area contributed by atoms with Crippen LogP contribution in [0.2, 0.25) is 0 Å². The van der Waals surface area contributed by atoms with Crippen molar-refractivity contribution in [3.8, 4) is 0 Å². The van der Waals surface area contributed by atoms with E-state index in [4.69, 9.17) is 0 Å². The van der Waals surface area contributed by atoms with Crippen LogP contribution in [-0.2, 0) is 16.0 Å². The van der Waals surface area contributed by atoms with E-state index in [9.17, 15) is 21.6 Å². The highest BCUT2D eigenvalue weighted by molar-refractivity contribution is 7.90. The highest BCUT2D eigenvalue weighted by Gasteiger charge is 2.31. The van der Waals surface area contributed by atoms with Crippen molar-refractivity contribution in [1.29, 1.82) is 0 Å². The van der Waals surface area contributed by atoms with Gasteiger partial charge in [-0.3, -0.25) is 0 Å². The van der Waals surface area contributed by atoms with Crippen LogP contribution in [0.15, 0.2) is 23.1 Å². The van der Waals surface area contributed by atoms with Crippen molar-refractivity contribution in [1.82, 2.24) is 0 Å². The number of halogens is 3. The highest BCUT2D eigenvalue weighted by atomic mass is 32.2. The predicted octanol–water partition coefficient (Wildman–Crippen LogP) is 2.29. The standard InChI is InChI=1S/C9H8F3O2S/c1-6-3-7(9(10,11)12)5-8(4-6)15(2,13)14/h3-5H,1H2,2H3. The van der Waals surface area contributed by atoms with Crippen molar-refractivity contribution in [2.24, 2.45) is 0 Å². The topological polar surface area (TPSA) is 34.1 Å². The third kappa shape index (κ3) is 2.95. The summed E-state index contributed by atoms with van der Waals surface area (Å²) in [5.41, 5.74) is -0.985. The molecule has 0 aliphatic rings. The fraction of sp³-hybridized carbons (Fsp3) is 0.222. The number of hydrogen-bond donors (Lipinski definition) is 0. The molecule has 1 rings (SSSR count). The summed E-state index contributed by atoms with van der Waals surface area (Å²) in [4.78, 5) is -0.373. The fourth-order valence-corrected chi connectivity index (χ4v) is 1.74. The lowest BCUT2D eigenvalue weighted by Crippen LogP contribution is -2.07. The molecule has 0 atom stereocenters. The molecular formula is C9H8F3O2S. The van der Waals surface area contributed by atoms with Crippen molar-refractivity contribution in [3.63, 3.8) is 0 Å². The zero-order chi connectivity index (χ0) is 11.9. The minimum absolute atomic E-state index is 0.0188. The number of alkyl halides is 3. The highest BCUT2D eigenvalue weighted by Crippen LogP contribution is 2.31. The van der Waals surface area contributed by atoms with E-state index in [2.05, 4.69) is 6.92 Å². The second-order valence-corrected chi connectivity index (χ2v) is 5.15. The molecule has 0 fully saturated rings. The first-order valence-corrected chi connectivity index (χ1v) is 5.74. The number of benzene rings is 1. The third-order valence-electron chi connectivity index (χ3n) is 1.72. The Morgan fingerprint density at radius 1 is 1.20 bits per heavy atom. The van der Waals surface area contributed by atoms with Gasteiger partial charge in [-0.2, -0.15) is 13.2 Å². The largest absolute Gasteiger partial charge is 0.416 e. The maximum absolute atomic E-state index is 12.3. The summed E-state index contributed by atoms with van der Waals surface area (Å²) in [6.07, 6.45) is -3.71. The Hall–Kier alpha value is -1.04. The van der Waals surface area contributed by atoms with Gasteiger partial charge in [0.2, 0.25) is 0 Å². The van der Waals surface area contributed by atoms with Crippen LogP contribution < -0.4 is 0 Å². The lowest BCUT2D eigenvalue weighted by atomic mass is 10.1. The van der Waals surface area contributed by atoms with Crippen molar-refractivity contribution >= 4 is 9.84 Å². The zero-order valence-electron chi connectivity index (χ0n) is 7.80. The van der Waals surface area contributed by atoms with Crippen molar-refractivity contribution in [2.45, 2.75) is 11.1 Å². The monoisotopic (exact) mass is 237 g/mol. The zero-order valence-corrected chi connectivity index (χ0v) is 8.61. The van der Waals surface area contributed by atoms with Crippen LogP contribution >= 0.6 is 0 Å². The predicted molar refractivity (Wildman–Crippen MR) is 49.0 cm³/mol. The second kappa shape index (κ2) is 3.52. The van der Waals surface area contributed by atoms with Gasteiger partial charge in [0.05, 0.1) is 10.5 Å². The summed E-state index contributed by atoms with van der Waals surface area (Å²) in [6, 6.07) is 2.50. The molecule has 0 saturated carbocycles. The molecule has 2 nitrogen and oxygen atoms in total. The van der Waals surface area contributed by atoms with E-state index in [1.807, 2.05) is 0 Å². The number of hydrogen-bond acceptors (Lipinski definition) is 2. The molecule has 83 valence electrons. The molecule has 0 aliphatic carbocycles. The Morgan fingerprint density at radius 2 is 1.73 bits per heavy atom. The van der Waals surface area contributed by atoms with E-state index in [-0.39, 0.29) is 10.5 Å². The van der Waals surface area contributed by atoms with Gasteiger partial charge in [-0.05, 0) is 30.7 Å². The molecule has 1 aromatic rings. The summed E-state index contributed by atoms with van der Waals surface area (Å²) in [7, 11) is -3.65. The Morgan fingerprint density at radius 3 is 2.13 bits per heavy atom. The van der Waals surface area contributed by atoms with Gasteiger partial charge in [0.1, 0.15) is 0 Å². The maximum Gasteiger partial charge on any atom is 0.416 e. The lowest BCUT2D eigenvalue weighted by Gasteiger charge is -2.09. The van der Waals surface area contributed by atoms with E-state index in [0.29, 0.717) is 6.07 Å². The Labute approximate surface area is 85.6 Å². The molecule has 0 unspecified atom stereocenters. The lowest BCUT2D eigenvalue weighted by molar-refractivity contribution is -0.137. The average Bonchev–Trinajstić information content (AvgIpc) is 1.99. The van der Waals surface area contributed by atoms with Crippen LogP contribution in [0.5, 0.6) is 0 Å². The van der Waals surface area contributed by atoms with Crippen LogP contribution in [0, 0.1) is 6.92 Å². The summed E-state index contributed by atoms with van der Waals surface area (Å²) in [5, 5.41) is 0. The maximum atomic E-state index is 12.3. The summed E-state index contributed by atoms with van der Waals surface area (Å²) in [6.45, 7) is 3.30. The van der Waals surface area contributed by atoms with Gasteiger partial charge in [0.25, 0.3) is 0 Å². The normalized spacial score (nSPS) is 12.9. The van der Waals surface area contributed by atoms with E-state index >= 15 is 0 Å². The first-order chi connectivity index (χ1) is 6.60. The van der Waals surface area contributed by atoms with Gasteiger partial charge >= 0.3 is 6.18 Å².